The first-order chi connectivity index (χ1) is 7.81. The first-order valence-corrected chi connectivity index (χ1v) is 6.43. The molecule has 16 heavy (non-hydrogen) atoms. The van der Waals surface area contributed by atoms with Crippen molar-refractivity contribution in [2.24, 2.45) is 0 Å². The summed E-state index contributed by atoms with van der Waals surface area (Å²) in [6.45, 7) is 5.16. The lowest BCUT2D eigenvalue weighted by molar-refractivity contribution is 0.617. The Morgan fingerprint density at radius 2 is 2.31 bits per heavy atom. The lowest BCUT2D eigenvalue weighted by atomic mass is 10.1. The molecule has 0 radical (unpaired) electrons. The van der Waals surface area contributed by atoms with E-state index in [-0.39, 0.29) is 6.04 Å². The molecule has 84 valence electrons. The Morgan fingerprint density at radius 1 is 1.44 bits per heavy atom. The minimum absolute atomic E-state index is 0.219. The molecular formula is C13H16N2S. The van der Waals surface area contributed by atoms with Crippen LogP contribution in [0.2, 0.25) is 0 Å². The molecule has 0 saturated heterocycles. The van der Waals surface area contributed by atoms with Gasteiger partial charge in [0.15, 0.2) is 0 Å². The Bertz CT molecular complexity index is 437. The van der Waals surface area contributed by atoms with Crippen LogP contribution in [0.5, 0.6) is 0 Å². The smallest absolute Gasteiger partial charge is 0.0759 e. The van der Waals surface area contributed by atoms with Gasteiger partial charge in [-0.1, -0.05) is 6.92 Å². The second kappa shape index (κ2) is 5.23. The van der Waals surface area contributed by atoms with Crippen LogP contribution in [-0.2, 0) is 0 Å². The molecule has 0 bridgehead atoms. The van der Waals surface area contributed by atoms with Gasteiger partial charge in [-0.05, 0) is 53.6 Å². The van der Waals surface area contributed by atoms with Gasteiger partial charge in [0, 0.05) is 6.20 Å². The van der Waals surface area contributed by atoms with Crippen molar-refractivity contribution in [3.05, 3.63) is 52.0 Å². The van der Waals surface area contributed by atoms with Gasteiger partial charge >= 0.3 is 0 Å². The van der Waals surface area contributed by atoms with Crippen molar-refractivity contribution >= 4 is 11.3 Å². The van der Waals surface area contributed by atoms with Crippen LogP contribution in [0.15, 0.2) is 35.2 Å². The van der Waals surface area contributed by atoms with Crippen molar-refractivity contribution in [2.45, 2.75) is 19.9 Å². The maximum Gasteiger partial charge on any atom is 0.0759 e. The number of nitrogens with zero attached hydrogens (tertiary/aromatic N) is 1. The molecule has 0 fully saturated rings. The maximum atomic E-state index is 4.46. The van der Waals surface area contributed by atoms with Crippen molar-refractivity contribution in [1.29, 1.82) is 0 Å². The summed E-state index contributed by atoms with van der Waals surface area (Å²) in [7, 11) is 0. The summed E-state index contributed by atoms with van der Waals surface area (Å²) in [5.74, 6) is 0. The van der Waals surface area contributed by atoms with E-state index in [2.05, 4.69) is 47.0 Å². The van der Waals surface area contributed by atoms with E-state index in [1.54, 1.807) is 11.3 Å². The number of aromatic nitrogens is 1. The lowest BCUT2D eigenvalue weighted by Crippen LogP contribution is -2.22. The van der Waals surface area contributed by atoms with Crippen molar-refractivity contribution in [3.8, 4) is 0 Å². The molecule has 2 aromatic heterocycles. The van der Waals surface area contributed by atoms with Gasteiger partial charge in [-0.25, -0.2) is 0 Å². The van der Waals surface area contributed by atoms with Gasteiger partial charge in [0.05, 0.1) is 11.7 Å². The summed E-state index contributed by atoms with van der Waals surface area (Å²) in [5.41, 5.74) is 3.65. The summed E-state index contributed by atoms with van der Waals surface area (Å²) in [6, 6.07) is 6.55. The van der Waals surface area contributed by atoms with Crippen molar-refractivity contribution < 1.29 is 0 Å². The van der Waals surface area contributed by atoms with Crippen LogP contribution in [0.3, 0.4) is 0 Å². The quantitative estimate of drug-likeness (QED) is 0.876. The number of nitrogens with one attached hydrogen (secondary N) is 1. The zero-order valence-electron chi connectivity index (χ0n) is 9.60. The van der Waals surface area contributed by atoms with Gasteiger partial charge in [-0.2, -0.15) is 11.3 Å². The molecule has 0 saturated carbocycles. The SMILES string of the molecule is CCNC(c1ccsc1)c1cc(C)ccn1. The Hall–Kier alpha value is -1.19. The minimum Gasteiger partial charge on any atom is -0.305 e. The molecule has 0 aliphatic carbocycles. The summed E-state index contributed by atoms with van der Waals surface area (Å²) >= 11 is 1.72. The van der Waals surface area contributed by atoms with Gasteiger partial charge in [-0.15, -0.1) is 0 Å². The lowest BCUT2D eigenvalue weighted by Gasteiger charge is -2.16. The Balaban J connectivity index is 2.33. The highest BCUT2D eigenvalue weighted by atomic mass is 32.1. The first kappa shape index (κ1) is 11.3. The molecule has 1 unspecified atom stereocenters. The van der Waals surface area contributed by atoms with Crippen molar-refractivity contribution in [1.82, 2.24) is 10.3 Å². The zero-order chi connectivity index (χ0) is 11.4. The predicted octanol–water partition coefficient (Wildman–Crippen LogP) is 3.15. The number of hydrogen-bond acceptors (Lipinski definition) is 3. The zero-order valence-corrected chi connectivity index (χ0v) is 10.4. The van der Waals surface area contributed by atoms with E-state index in [1.807, 2.05) is 12.3 Å². The van der Waals surface area contributed by atoms with E-state index >= 15 is 0 Å². The molecular weight excluding hydrogens is 216 g/mol. The molecule has 2 rings (SSSR count). The summed E-state index contributed by atoms with van der Waals surface area (Å²) in [5, 5.41) is 7.76. The molecule has 0 aromatic carbocycles. The van der Waals surface area contributed by atoms with E-state index < -0.39 is 0 Å². The second-order valence-corrected chi connectivity index (χ2v) is 4.59. The molecule has 2 nitrogen and oxygen atoms in total. The number of thiophene rings is 1. The molecule has 3 heteroatoms. The standard InChI is InChI=1S/C13H16N2S/c1-3-14-13(11-5-7-16-9-11)12-8-10(2)4-6-15-12/h4-9,13-14H,3H2,1-2H3. The molecule has 0 amide bonds. The van der Waals surface area contributed by atoms with Crippen molar-refractivity contribution in [3.63, 3.8) is 0 Å². The van der Waals surface area contributed by atoms with E-state index in [0.29, 0.717) is 0 Å². The number of rotatable bonds is 4. The fourth-order valence-electron chi connectivity index (χ4n) is 1.75. The molecule has 1 N–H and O–H groups in total. The average molecular weight is 232 g/mol. The normalized spacial score (nSPS) is 12.6. The van der Waals surface area contributed by atoms with Crippen LogP contribution in [-0.4, -0.2) is 11.5 Å². The first-order valence-electron chi connectivity index (χ1n) is 5.49. The third kappa shape index (κ3) is 2.49. The molecule has 0 spiro atoms. The van der Waals surface area contributed by atoms with E-state index in [9.17, 15) is 0 Å². The highest BCUT2D eigenvalue weighted by Crippen LogP contribution is 2.22. The van der Waals surface area contributed by atoms with Crippen LogP contribution in [0.1, 0.15) is 29.8 Å². The van der Waals surface area contributed by atoms with Crippen LogP contribution in [0.4, 0.5) is 0 Å². The third-order valence-electron chi connectivity index (χ3n) is 2.52. The Labute approximate surface area is 100 Å². The topological polar surface area (TPSA) is 24.9 Å². The Morgan fingerprint density at radius 3 is 2.94 bits per heavy atom. The third-order valence-corrected chi connectivity index (χ3v) is 3.22. The number of hydrogen-bond donors (Lipinski definition) is 1. The summed E-state index contributed by atoms with van der Waals surface area (Å²) in [6.07, 6.45) is 1.88. The number of pyridine rings is 1. The van der Waals surface area contributed by atoms with Crippen LogP contribution < -0.4 is 5.32 Å². The highest BCUT2D eigenvalue weighted by molar-refractivity contribution is 7.08. The molecule has 2 aromatic rings. The second-order valence-electron chi connectivity index (χ2n) is 3.81. The monoisotopic (exact) mass is 232 g/mol. The largest absolute Gasteiger partial charge is 0.305 e. The van der Waals surface area contributed by atoms with Crippen LogP contribution in [0, 0.1) is 6.92 Å². The van der Waals surface area contributed by atoms with E-state index in [4.69, 9.17) is 0 Å². The van der Waals surface area contributed by atoms with Gasteiger partial charge < -0.3 is 5.32 Å². The summed E-state index contributed by atoms with van der Waals surface area (Å²) in [4.78, 5) is 4.46. The fourth-order valence-corrected chi connectivity index (χ4v) is 2.44. The fraction of sp³-hybridized carbons (Fsp3) is 0.308. The van der Waals surface area contributed by atoms with Gasteiger partial charge in [0.25, 0.3) is 0 Å². The molecule has 2 heterocycles. The van der Waals surface area contributed by atoms with Crippen LogP contribution >= 0.6 is 11.3 Å². The average Bonchev–Trinajstić information content (AvgIpc) is 2.79. The Kier molecular flexibility index (Phi) is 3.70. The minimum atomic E-state index is 0.219. The molecule has 0 aliphatic rings. The highest BCUT2D eigenvalue weighted by Gasteiger charge is 2.14. The molecule has 0 aliphatic heterocycles. The van der Waals surface area contributed by atoms with E-state index in [0.717, 1.165) is 12.2 Å². The molecule has 1 atom stereocenters. The van der Waals surface area contributed by atoms with Gasteiger partial charge in [0.2, 0.25) is 0 Å². The van der Waals surface area contributed by atoms with Gasteiger partial charge in [0.1, 0.15) is 0 Å². The maximum absolute atomic E-state index is 4.46. The van der Waals surface area contributed by atoms with E-state index in [1.165, 1.54) is 11.1 Å². The van der Waals surface area contributed by atoms with Crippen molar-refractivity contribution in [2.75, 3.05) is 6.54 Å². The number of aryl methyl sites for hydroxylation is 1. The summed E-state index contributed by atoms with van der Waals surface area (Å²) < 4.78 is 0. The van der Waals surface area contributed by atoms with Crippen LogP contribution in [0.25, 0.3) is 0 Å². The predicted molar refractivity (Wildman–Crippen MR) is 68.8 cm³/mol. The van der Waals surface area contributed by atoms with Gasteiger partial charge in [-0.3, -0.25) is 4.98 Å².